The van der Waals surface area contributed by atoms with E-state index in [0.717, 1.165) is 24.5 Å². The van der Waals surface area contributed by atoms with Gasteiger partial charge in [0.2, 0.25) is 0 Å². The number of nitrogens with one attached hydrogen (secondary N) is 1. The van der Waals surface area contributed by atoms with Crippen molar-refractivity contribution in [3.8, 4) is 5.75 Å². The molecule has 0 unspecified atom stereocenters. The van der Waals surface area contributed by atoms with Gasteiger partial charge >= 0.3 is 0 Å². The highest BCUT2D eigenvalue weighted by atomic mass is 16.5. The van der Waals surface area contributed by atoms with Gasteiger partial charge in [0.05, 0.1) is 6.61 Å². The maximum atomic E-state index is 5.59. The third-order valence-electron chi connectivity index (χ3n) is 2.11. The molecule has 0 spiro atoms. The lowest BCUT2D eigenvalue weighted by Crippen LogP contribution is -2.01. The molecule has 0 heterocycles. The normalized spacial score (nSPS) is 10.3. The Morgan fingerprint density at radius 3 is 2.36 bits per heavy atom. The smallest absolute Gasteiger partial charge is 0.119 e. The first-order valence-corrected chi connectivity index (χ1v) is 5.13. The fraction of sp³-hybridized carbons (Fsp3) is 0.500. The Morgan fingerprint density at radius 1 is 1.21 bits per heavy atom. The molecule has 1 aromatic carbocycles. The van der Waals surface area contributed by atoms with Crippen LogP contribution >= 0.6 is 0 Å². The van der Waals surface area contributed by atoms with Crippen molar-refractivity contribution < 1.29 is 4.74 Å². The fourth-order valence-electron chi connectivity index (χ4n) is 1.13. The molecule has 0 amide bonds. The van der Waals surface area contributed by atoms with E-state index in [-0.39, 0.29) is 0 Å². The van der Waals surface area contributed by atoms with Crippen molar-refractivity contribution >= 4 is 5.69 Å². The van der Waals surface area contributed by atoms with Gasteiger partial charge in [0.15, 0.2) is 0 Å². The van der Waals surface area contributed by atoms with Gasteiger partial charge in [-0.15, -0.1) is 0 Å². The van der Waals surface area contributed by atoms with Gasteiger partial charge in [0, 0.05) is 12.7 Å². The average molecular weight is 193 g/mol. The van der Waals surface area contributed by atoms with E-state index < -0.39 is 0 Å². The summed E-state index contributed by atoms with van der Waals surface area (Å²) in [5.41, 5.74) is 1.11. The average Bonchev–Trinajstić information content (AvgIpc) is 2.18. The molecule has 0 radical (unpaired) electrons. The summed E-state index contributed by atoms with van der Waals surface area (Å²) in [7, 11) is 1.91. The third-order valence-corrected chi connectivity index (χ3v) is 2.11. The van der Waals surface area contributed by atoms with Gasteiger partial charge in [-0.05, 0) is 36.6 Å². The molecular weight excluding hydrogens is 174 g/mol. The van der Waals surface area contributed by atoms with Crippen LogP contribution in [0.4, 0.5) is 5.69 Å². The van der Waals surface area contributed by atoms with Crippen LogP contribution < -0.4 is 10.1 Å². The molecule has 1 aromatic rings. The molecule has 0 saturated heterocycles. The van der Waals surface area contributed by atoms with Crippen molar-refractivity contribution in [3.63, 3.8) is 0 Å². The Balaban J connectivity index is 2.36. The summed E-state index contributed by atoms with van der Waals surface area (Å²) in [6.45, 7) is 5.21. The number of hydrogen-bond donors (Lipinski definition) is 1. The summed E-state index contributed by atoms with van der Waals surface area (Å²) in [6, 6.07) is 8.02. The van der Waals surface area contributed by atoms with Gasteiger partial charge in [-0.1, -0.05) is 13.8 Å². The summed E-state index contributed by atoms with van der Waals surface area (Å²) in [4.78, 5) is 0. The highest BCUT2D eigenvalue weighted by Crippen LogP contribution is 2.15. The quantitative estimate of drug-likeness (QED) is 0.775. The molecule has 2 nitrogen and oxygen atoms in total. The summed E-state index contributed by atoms with van der Waals surface area (Å²) < 4.78 is 5.59. The maximum absolute atomic E-state index is 5.59. The molecule has 1 rings (SSSR count). The van der Waals surface area contributed by atoms with Crippen molar-refractivity contribution in [1.29, 1.82) is 0 Å². The van der Waals surface area contributed by atoms with Crippen LogP contribution in [0, 0.1) is 5.92 Å². The predicted molar refractivity (Wildman–Crippen MR) is 60.9 cm³/mol. The van der Waals surface area contributed by atoms with Gasteiger partial charge < -0.3 is 10.1 Å². The summed E-state index contributed by atoms with van der Waals surface area (Å²) >= 11 is 0. The molecule has 0 aliphatic rings. The van der Waals surface area contributed by atoms with Gasteiger partial charge in [-0.25, -0.2) is 0 Å². The van der Waals surface area contributed by atoms with Crippen molar-refractivity contribution in [2.24, 2.45) is 5.92 Å². The van der Waals surface area contributed by atoms with Crippen molar-refractivity contribution in [2.75, 3.05) is 19.0 Å². The van der Waals surface area contributed by atoms with E-state index in [9.17, 15) is 0 Å². The van der Waals surface area contributed by atoms with Crippen molar-refractivity contribution in [1.82, 2.24) is 0 Å². The Labute approximate surface area is 86.3 Å². The monoisotopic (exact) mass is 193 g/mol. The molecule has 1 N–H and O–H groups in total. The van der Waals surface area contributed by atoms with Crippen LogP contribution in [0.15, 0.2) is 24.3 Å². The molecule has 2 heteroatoms. The summed E-state index contributed by atoms with van der Waals surface area (Å²) in [5.74, 6) is 1.65. The molecule has 0 aliphatic carbocycles. The van der Waals surface area contributed by atoms with E-state index in [2.05, 4.69) is 19.2 Å². The lowest BCUT2D eigenvalue weighted by molar-refractivity contribution is 0.289. The molecule has 0 aliphatic heterocycles. The second kappa shape index (κ2) is 5.53. The number of rotatable bonds is 5. The lowest BCUT2D eigenvalue weighted by Gasteiger charge is -2.08. The Kier molecular flexibility index (Phi) is 4.30. The molecule has 78 valence electrons. The van der Waals surface area contributed by atoms with Gasteiger partial charge in [-0.2, -0.15) is 0 Å². The third kappa shape index (κ3) is 3.69. The predicted octanol–water partition coefficient (Wildman–Crippen LogP) is 3.15. The van der Waals surface area contributed by atoms with E-state index in [1.807, 2.05) is 31.3 Å². The van der Waals surface area contributed by atoms with Crippen LogP contribution in [0.5, 0.6) is 5.75 Å². The minimum absolute atomic E-state index is 0.701. The molecular formula is C12H19NO. The molecule has 0 saturated carbocycles. The zero-order chi connectivity index (χ0) is 10.4. The zero-order valence-electron chi connectivity index (χ0n) is 9.21. The van der Waals surface area contributed by atoms with Crippen LogP contribution in [0.3, 0.4) is 0 Å². The first kappa shape index (κ1) is 10.9. The lowest BCUT2D eigenvalue weighted by atomic mass is 10.1. The van der Waals surface area contributed by atoms with Crippen LogP contribution in [0.25, 0.3) is 0 Å². The van der Waals surface area contributed by atoms with Crippen LogP contribution in [-0.2, 0) is 0 Å². The summed E-state index contributed by atoms with van der Waals surface area (Å²) in [6.07, 6.45) is 1.10. The zero-order valence-corrected chi connectivity index (χ0v) is 9.21. The van der Waals surface area contributed by atoms with Gasteiger partial charge in [0.25, 0.3) is 0 Å². The number of hydrogen-bond acceptors (Lipinski definition) is 2. The number of anilines is 1. The molecule has 0 bridgehead atoms. The van der Waals surface area contributed by atoms with Gasteiger partial charge in [0.1, 0.15) is 5.75 Å². The van der Waals surface area contributed by atoms with E-state index in [1.54, 1.807) is 0 Å². The SMILES string of the molecule is CNc1ccc(OCCC(C)C)cc1. The van der Waals surface area contributed by atoms with Crippen molar-refractivity contribution in [3.05, 3.63) is 24.3 Å². The molecule has 0 aromatic heterocycles. The van der Waals surface area contributed by atoms with Crippen LogP contribution in [0.1, 0.15) is 20.3 Å². The topological polar surface area (TPSA) is 21.3 Å². The van der Waals surface area contributed by atoms with E-state index in [4.69, 9.17) is 4.74 Å². The number of ether oxygens (including phenoxy) is 1. The Morgan fingerprint density at radius 2 is 1.86 bits per heavy atom. The van der Waals surface area contributed by atoms with E-state index in [0.29, 0.717) is 5.92 Å². The first-order chi connectivity index (χ1) is 6.72. The van der Waals surface area contributed by atoms with Crippen LogP contribution in [-0.4, -0.2) is 13.7 Å². The van der Waals surface area contributed by atoms with Crippen molar-refractivity contribution in [2.45, 2.75) is 20.3 Å². The maximum Gasteiger partial charge on any atom is 0.119 e. The molecule has 0 fully saturated rings. The standard InChI is InChI=1S/C12H19NO/c1-10(2)8-9-14-12-6-4-11(13-3)5-7-12/h4-7,10,13H,8-9H2,1-3H3. The summed E-state index contributed by atoms with van der Waals surface area (Å²) in [5, 5.41) is 3.07. The molecule has 0 atom stereocenters. The van der Waals surface area contributed by atoms with Crippen LogP contribution in [0.2, 0.25) is 0 Å². The van der Waals surface area contributed by atoms with E-state index >= 15 is 0 Å². The first-order valence-electron chi connectivity index (χ1n) is 5.13. The number of benzene rings is 1. The minimum atomic E-state index is 0.701. The highest BCUT2D eigenvalue weighted by Gasteiger charge is 1.96. The largest absolute Gasteiger partial charge is 0.494 e. The Bertz CT molecular complexity index is 254. The van der Waals surface area contributed by atoms with E-state index in [1.165, 1.54) is 0 Å². The second-order valence-corrected chi connectivity index (χ2v) is 3.81. The Hall–Kier alpha value is -1.18. The second-order valence-electron chi connectivity index (χ2n) is 3.81. The molecule has 14 heavy (non-hydrogen) atoms. The van der Waals surface area contributed by atoms with Gasteiger partial charge in [-0.3, -0.25) is 0 Å². The highest BCUT2D eigenvalue weighted by molar-refractivity contribution is 5.45. The fourth-order valence-corrected chi connectivity index (χ4v) is 1.13. The minimum Gasteiger partial charge on any atom is -0.494 e.